The van der Waals surface area contributed by atoms with E-state index in [4.69, 9.17) is 4.74 Å². The summed E-state index contributed by atoms with van der Waals surface area (Å²) in [5, 5.41) is 0. The Morgan fingerprint density at radius 2 is 1.44 bits per heavy atom. The highest BCUT2D eigenvalue weighted by atomic mass is 16.5. The minimum Gasteiger partial charge on any atom is -0.494 e. The largest absolute Gasteiger partial charge is 0.494 e. The summed E-state index contributed by atoms with van der Waals surface area (Å²) >= 11 is 0. The normalized spacial score (nSPS) is 18.6. The third-order valence-electron chi connectivity index (χ3n) is 7.12. The second-order valence-corrected chi connectivity index (χ2v) is 9.69. The van der Waals surface area contributed by atoms with Gasteiger partial charge in [-0.1, -0.05) is 78.1 Å². The Morgan fingerprint density at radius 1 is 0.781 bits per heavy atom. The van der Waals surface area contributed by atoms with E-state index in [9.17, 15) is 0 Å². The molecule has 176 valence electrons. The lowest BCUT2D eigenvalue weighted by Crippen LogP contribution is -2.20. The molecule has 1 aromatic heterocycles. The molecule has 0 radical (unpaired) electrons. The molecule has 3 nitrogen and oxygen atoms in total. The van der Waals surface area contributed by atoms with Gasteiger partial charge in [-0.25, -0.2) is 9.97 Å². The number of ether oxygens (including phenoxy) is 1. The second-order valence-electron chi connectivity index (χ2n) is 9.69. The maximum Gasteiger partial charge on any atom is 0.159 e. The fraction of sp³-hybridized carbons (Fsp3) is 0.655. The Morgan fingerprint density at radius 3 is 2.09 bits per heavy atom. The maximum absolute atomic E-state index is 6.06. The van der Waals surface area contributed by atoms with Crippen molar-refractivity contribution in [2.45, 2.75) is 104 Å². The van der Waals surface area contributed by atoms with Crippen molar-refractivity contribution in [1.82, 2.24) is 9.97 Å². The van der Waals surface area contributed by atoms with Crippen LogP contribution < -0.4 is 4.74 Å². The quantitative estimate of drug-likeness (QED) is 0.279. The third kappa shape index (κ3) is 8.22. The van der Waals surface area contributed by atoms with Gasteiger partial charge in [-0.2, -0.15) is 0 Å². The standard InChI is InChI=1S/C29H44N2O/c1-3-5-7-8-13-25-14-9-10-15-26(25)16-11-21-32-28-19-17-27(18-20-28)29-30-22-24(23-31-29)12-6-4-2/h17-20,22-23,25-26H,3-16,21H2,1-2H3. The highest BCUT2D eigenvalue weighted by molar-refractivity contribution is 5.55. The lowest BCUT2D eigenvalue weighted by Gasteiger charge is -2.31. The van der Waals surface area contributed by atoms with Crippen LogP contribution in [0.3, 0.4) is 0 Å². The topological polar surface area (TPSA) is 35.0 Å². The van der Waals surface area contributed by atoms with E-state index in [1.54, 1.807) is 0 Å². The van der Waals surface area contributed by atoms with Gasteiger partial charge in [0, 0.05) is 18.0 Å². The van der Waals surface area contributed by atoms with Crippen LogP contribution in [0.25, 0.3) is 11.4 Å². The number of unbranched alkanes of at least 4 members (excludes halogenated alkanes) is 4. The average Bonchev–Trinajstić information content (AvgIpc) is 2.85. The molecular formula is C29H44N2O. The Hall–Kier alpha value is -1.90. The van der Waals surface area contributed by atoms with Gasteiger partial charge in [-0.15, -0.1) is 0 Å². The van der Waals surface area contributed by atoms with E-state index in [0.29, 0.717) is 0 Å². The first-order chi connectivity index (χ1) is 15.8. The molecule has 3 rings (SSSR count). The molecule has 2 aromatic rings. The molecule has 1 aliphatic rings. The van der Waals surface area contributed by atoms with Crippen molar-refractivity contribution in [1.29, 1.82) is 0 Å². The fourth-order valence-corrected chi connectivity index (χ4v) is 5.13. The minimum absolute atomic E-state index is 0.791. The van der Waals surface area contributed by atoms with Crippen molar-refractivity contribution in [2.75, 3.05) is 6.61 Å². The zero-order valence-corrected chi connectivity index (χ0v) is 20.5. The van der Waals surface area contributed by atoms with Crippen molar-refractivity contribution in [3.8, 4) is 17.1 Å². The van der Waals surface area contributed by atoms with Gasteiger partial charge in [-0.3, -0.25) is 0 Å². The average molecular weight is 437 g/mol. The highest BCUT2D eigenvalue weighted by Crippen LogP contribution is 2.36. The monoisotopic (exact) mass is 436 g/mol. The van der Waals surface area contributed by atoms with Crippen LogP contribution in [0.5, 0.6) is 5.75 Å². The van der Waals surface area contributed by atoms with E-state index in [2.05, 4.69) is 48.1 Å². The molecule has 2 unspecified atom stereocenters. The maximum atomic E-state index is 6.06. The van der Waals surface area contributed by atoms with E-state index in [-0.39, 0.29) is 0 Å². The fourth-order valence-electron chi connectivity index (χ4n) is 5.13. The van der Waals surface area contributed by atoms with Crippen molar-refractivity contribution in [3.63, 3.8) is 0 Å². The molecule has 0 aliphatic heterocycles. The number of rotatable bonds is 14. The van der Waals surface area contributed by atoms with Crippen LogP contribution in [0.2, 0.25) is 0 Å². The molecule has 1 aromatic carbocycles. The number of nitrogens with zero attached hydrogens (tertiary/aromatic N) is 2. The molecule has 0 amide bonds. The summed E-state index contributed by atoms with van der Waals surface area (Å²) in [6.45, 7) is 5.33. The van der Waals surface area contributed by atoms with Crippen LogP contribution in [-0.4, -0.2) is 16.6 Å². The lowest BCUT2D eigenvalue weighted by atomic mass is 9.74. The van der Waals surface area contributed by atoms with Crippen LogP contribution in [0, 0.1) is 11.8 Å². The molecule has 0 saturated heterocycles. The van der Waals surface area contributed by atoms with Crippen LogP contribution in [-0.2, 0) is 6.42 Å². The zero-order chi connectivity index (χ0) is 22.4. The Balaban J connectivity index is 1.39. The van der Waals surface area contributed by atoms with Crippen LogP contribution in [0.4, 0.5) is 0 Å². The summed E-state index contributed by atoms with van der Waals surface area (Å²) in [4.78, 5) is 9.09. The van der Waals surface area contributed by atoms with Gasteiger partial charge in [0.2, 0.25) is 0 Å². The van der Waals surface area contributed by atoms with Gasteiger partial charge in [0.05, 0.1) is 6.61 Å². The van der Waals surface area contributed by atoms with Gasteiger partial charge < -0.3 is 4.74 Å². The summed E-state index contributed by atoms with van der Waals surface area (Å²) in [5.41, 5.74) is 2.27. The van der Waals surface area contributed by atoms with Crippen LogP contribution in [0.1, 0.15) is 103 Å². The molecule has 32 heavy (non-hydrogen) atoms. The first kappa shape index (κ1) is 24.7. The number of hydrogen-bond donors (Lipinski definition) is 0. The molecule has 2 atom stereocenters. The summed E-state index contributed by atoms with van der Waals surface area (Å²) in [5.74, 6) is 3.63. The first-order valence-corrected chi connectivity index (χ1v) is 13.3. The Labute approximate surface area is 196 Å². The smallest absolute Gasteiger partial charge is 0.159 e. The zero-order valence-electron chi connectivity index (χ0n) is 20.5. The molecule has 0 spiro atoms. The van der Waals surface area contributed by atoms with E-state index in [0.717, 1.165) is 42.0 Å². The predicted molar refractivity (Wildman–Crippen MR) is 135 cm³/mol. The lowest BCUT2D eigenvalue weighted by molar-refractivity contribution is 0.190. The molecular weight excluding hydrogens is 392 g/mol. The minimum atomic E-state index is 0.791. The van der Waals surface area contributed by atoms with E-state index < -0.39 is 0 Å². The molecule has 1 aliphatic carbocycles. The third-order valence-corrected chi connectivity index (χ3v) is 7.12. The Kier molecular flexibility index (Phi) is 11.0. The highest BCUT2D eigenvalue weighted by Gasteiger charge is 2.24. The van der Waals surface area contributed by atoms with Crippen LogP contribution >= 0.6 is 0 Å². The SMILES string of the molecule is CCCCCCC1CCCCC1CCCOc1ccc(-c2ncc(CCCC)cn2)cc1. The molecule has 0 N–H and O–H groups in total. The van der Waals surface area contributed by atoms with Gasteiger partial charge in [-0.05, 0) is 67.3 Å². The predicted octanol–water partition coefficient (Wildman–Crippen LogP) is 8.42. The molecule has 1 fully saturated rings. The molecule has 1 heterocycles. The van der Waals surface area contributed by atoms with Gasteiger partial charge in [0.15, 0.2) is 5.82 Å². The second kappa shape index (κ2) is 14.3. The number of aryl methyl sites for hydroxylation is 1. The van der Waals surface area contributed by atoms with E-state index in [1.807, 2.05) is 12.4 Å². The van der Waals surface area contributed by atoms with Crippen LogP contribution in [0.15, 0.2) is 36.7 Å². The van der Waals surface area contributed by atoms with E-state index in [1.165, 1.54) is 89.0 Å². The molecule has 1 saturated carbocycles. The van der Waals surface area contributed by atoms with Crippen molar-refractivity contribution >= 4 is 0 Å². The van der Waals surface area contributed by atoms with E-state index >= 15 is 0 Å². The van der Waals surface area contributed by atoms with Crippen molar-refractivity contribution < 1.29 is 4.74 Å². The number of hydrogen-bond acceptors (Lipinski definition) is 3. The van der Waals surface area contributed by atoms with Gasteiger partial charge in [0.25, 0.3) is 0 Å². The summed E-state index contributed by atoms with van der Waals surface area (Å²) < 4.78 is 6.06. The van der Waals surface area contributed by atoms with Crippen molar-refractivity contribution in [2.24, 2.45) is 11.8 Å². The van der Waals surface area contributed by atoms with Gasteiger partial charge >= 0.3 is 0 Å². The molecule has 3 heteroatoms. The first-order valence-electron chi connectivity index (χ1n) is 13.3. The number of aromatic nitrogens is 2. The number of benzene rings is 1. The Bertz CT molecular complexity index is 741. The van der Waals surface area contributed by atoms with Crippen molar-refractivity contribution in [3.05, 3.63) is 42.2 Å². The summed E-state index contributed by atoms with van der Waals surface area (Å²) in [6, 6.07) is 8.26. The summed E-state index contributed by atoms with van der Waals surface area (Å²) in [7, 11) is 0. The summed E-state index contributed by atoms with van der Waals surface area (Å²) in [6.07, 6.45) is 22.7. The molecule has 0 bridgehead atoms. The van der Waals surface area contributed by atoms with Gasteiger partial charge in [0.1, 0.15) is 5.75 Å².